The Morgan fingerprint density at radius 3 is 1.83 bits per heavy atom. The number of aliphatic hydroxyl groups is 1. The lowest BCUT2D eigenvalue weighted by atomic mass is 9.12. The Labute approximate surface area is 156 Å². The SMILES string of the molecule is [B]C([B])([B])C(NCC(O)c1cccnc1C)(C([B])([B])[B])C([B])([B])[B]. The van der Waals surface area contributed by atoms with Crippen LogP contribution in [0, 0.1) is 6.92 Å². The zero-order chi connectivity index (χ0) is 19.0. The van der Waals surface area contributed by atoms with E-state index >= 15 is 0 Å². The monoisotopic (exact) mass is 298 g/mol. The van der Waals surface area contributed by atoms with Crippen molar-refractivity contribution in [3.63, 3.8) is 0 Å². The molecule has 1 atom stereocenters. The first-order chi connectivity index (χ1) is 10.6. The predicted octanol–water partition coefficient (Wildman–Crippen LogP) is -2.51. The highest BCUT2D eigenvalue weighted by Gasteiger charge is 2.53. The van der Waals surface area contributed by atoms with Crippen LogP contribution in [-0.2, 0) is 0 Å². The van der Waals surface area contributed by atoms with Crippen molar-refractivity contribution in [1.29, 1.82) is 0 Å². The summed E-state index contributed by atoms with van der Waals surface area (Å²) in [5, 5.41) is 6.38. The van der Waals surface area contributed by atoms with Gasteiger partial charge in [-0.25, -0.2) is 0 Å². The van der Waals surface area contributed by atoms with Crippen LogP contribution in [0.1, 0.15) is 17.4 Å². The van der Waals surface area contributed by atoms with Gasteiger partial charge in [0, 0.05) is 24.0 Å². The van der Waals surface area contributed by atoms with Crippen LogP contribution in [0.25, 0.3) is 0 Å². The molecule has 1 aromatic rings. The first-order valence-corrected chi connectivity index (χ1v) is 7.09. The van der Waals surface area contributed by atoms with E-state index in [-0.39, 0.29) is 6.54 Å². The van der Waals surface area contributed by atoms with Crippen molar-refractivity contribution in [2.24, 2.45) is 0 Å². The predicted molar refractivity (Wildman–Crippen MR) is 105 cm³/mol. The number of hydrogen-bond acceptors (Lipinski definition) is 3. The topological polar surface area (TPSA) is 45.1 Å². The molecule has 0 aliphatic heterocycles. The zero-order valence-electron chi connectivity index (χ0n) is 13.6. The van der Waals surface area contributed by atoms with Gasteiger partial charge in [-0.1, -0.05) is 6.07 Å². The quantitative estimate of drug-likeness (QED) is 0.547. The van der Waals surface area contributed by atoms with Crippen molar-refractivity contribution >= 4 is 70.6 Å². The summed E-state index contributed by atoms with van der Waals surface area (Å²) in [5.74, 6) is 0. The molecule has 0 aliphatic carbocycles. The van der Waals surface area contributed by atoms with Gasteiger partial charge in [-0.2, -0.15) is 0 Å². The Hall–Kier alpha value is -0.346. The van der Waals surface area contributed by atoms with Crippen LogP contribution in [0.5, 0.6) is 0 Å². The van der Waals surface area contributed by atoms with Crippen molar-refractivity contribution in [3.8, 4) is 0 Å². The molecule has 0 amide bonds. The van der Waals surface area contributed by atoms with Gasteiger partial charge in [0.1, 0.15) is 0 Å². The number of rotatable bonds is 7. The Morgan fingerprint density at radius 1 is 1.00 bits per heavy atom. The number of nitrogens with zero attached hydrogens (tertiary/aromatic N) is 1. The summed E-state index contributed by atoms with van der Waals surface area (Å²) in [6, 6.07) is 3.34. The smallest absolute Gasteiger partial charge is 0.0931 e. The molecule has 18 radical (unpaired) electrons. The molecule has 1 heterocycles. The standard InChI is InChI=1S/C12H11B9N2O/c1-6-7(3-2-4-22-6)8(24)5-23-9(10(13,14)15,11(16,17)18)12(19,20)21/h2-4,8,23-24H,5H2,1H3. The van der Waals surface area contributed by atoms with Crippen molar-refractivity contribution < 1.29 is 5.11 Å². The molecular weight excluding hydrogens is 285 g/mol. The number of β-amino-alcohol motifs (C(OH)–C–C–N with tert-alkyl or cyclic N) is 1. The van der Waals surface area contributed by atoms with Gasteiger partial charge in [0.2, 0.25) is 0 Å². The van der Waals surface area contributed by atoms with E-state index < -0.39 is 27.0 Å². The average Bonchev–Trinajstić information content (AvgIpc) is 2.34. The number of nitrogens with one attached hydrogen (secondary N) is 1. The Balaban J connectivity index is 3.23. The molecule has 0 fully saturated rings. The number of pyridine rings is 1. The van der Waals surface area contributed by atoms with Gasteiger partial charge in [-0.15, -0.1) is 15.3 Å². The van der Waals surface area contributed by atoms with Crippen molar-refractivity contribution in [1.82, 2.24) is 10.3 Å². The Bertz CT molecular complexity index is 529. The van der Waals surface area contributed by atoms with Crippen LogP contribution in [0.3, 0.4) is 0 Å². The highest BCUT2D eigenvalue weighted by atomic mass is 16.3. The first kappa shape index (κ1) is 21.7. The second kappa shape index (κ2) is 7.11. The lowest BCUT2D eigenvalue weighted by Crippen LogP contribution is -2.71. The molecule has 3 nitrogen and oxygen atoms in total. The normalized spacial score (nSPS) is 15.1. The molecule has 0 saturated heterocycles. The fraction of sp³-hybridized carbons (Fsp3) is 0.583. The van der Waals surface area contributed by atoms with Crippen molar-refractivity contribution in [2.75, 3.05) is 6.54 Å². The van der Waals surface area contributed by atoms with Crippen molar-refractivity contribution in [3.05, 3.63) is 29.6 Å². The van der Waals surface area contributed by atoms with E-state index in [1.54, 1.807) is 25.3 Å². The summed E-state index contributed by atoms with van der Waals surface area (Å²) in [7, 11) is 51.8. The number of aryl methyl sites for hydroxylation is 1. The largest absolute Gasteiger partial charge is 0.387 e. The lowest BCUT2D eigenvalue weighted by molar-refractivity contribution is 0.153. The van der Waals surface area contributed by atoms with Crippen LogP contribution in [-0.4, -0.2) is 92.8 Å². The van der Waals surface area contributed by atoms with Crippen LogP contribution < -0.4 is 5.32 Å². The summed E-state index contributed by atoms with van der Waals surface area (Å²) in [4.78, 5) is 4.08. The molecule has 2 N–H and O–H groups in total. The summed E-state index contributed by atoms with van der Waals surface area (Å²) < 4.78 is 0. The van der Waals surface area contributed by atoms with E-state index in [0.717, 1.165) is 0 Å². The van der Waals surface area contributed by atoms with Crippen LogP contribution in [0.2, 0.25) is 15.3 Å². The van der Waals surface area contributed by atoms with Gasteiger partial charge >= 0.3 is 0 Å². The van der Waals surface area contributed by atoms with Gasteiger partial charge in [-0.3, -0.25) is 4.98 Å². The molecule has 12 heteroatoms. The van der Waals surface area contributed by atoms with E-state index in [4.69, 9.17) is 70.6 Å². The van der Waals surface area contributed by atoms with Gasteiger partial charge in [-0.05, 0) is 18.5 Å². The summed E-state index contributed by atoms with van der Waals surface area (Å²) in [6.45, 7) is 1.52. The number of hydrogen-bond donors (Lipinski definition) is 2. The minimum absolute atomic E-state index is 0.208. The maximum atomic E-state index is 10.4. The maximum Gasteiger partial charge on any atom is 0.0931 e. The van der Waals surface area contributed by atoms with Gasteiger partial charge in [0.25, 0.3) is 0 Å². The fourth-order valence-corrected chi connectivity index (χ4v) is 2.79. The van der Waals surface area contributed by atoms with Gasteiger partial charge in [0.05, 0.1) is 76.7 Å². The van der Waals surface area contributed by atoms with E-state index in [0.29, 0.717) is 11.3 Å². The zero-order valence-corrected chi connectivity index (χ0v) is 13.6. The van der Waals surface area contributed by atoms with Crippen molar-refractivity contribution in [2.45, 2.75) is 33.9 Å². The molecule has 0 aromatic carbocycles. The molecule has 0 spiro atoms. The van der Waals surface area contributed by atoms with Crippen LogP contribution in [0.15, 0.2) is 18.3 Å². The molecule has 24 heavy (non-hydrogen) atoms. The number of aromatic nitrogens is 1. The lowest BCUT2D eigenvalue weighted by Gasteiger charge is -2.66. The van der Waals surface area contributed by atoms with E-state index in [9.17, 15) is 5.11 Å². The maximum absolute atomic E-state index is 10.4. The first-order valence-electron chi connectivity index (χ1n) is 7.09. The summed E-state index contributed by atoms with van der Waals surface area (Å²) >= 11 is 0. The minimum Gasteiger partial charge on any atom is -0.387 e. The van der Waals surface area contributed by atoms with E-state index in [2.05, 4.69) is 10.3 Å². The Kier molecular flexibility index (Phi) is 6.43. The van der Waals surface area contributed by atoms with E-state index in [1.165, 1.54) is 0 Å². The molecule has 0 saturated carbocycles. The van der Waals surface area contributed by atoms with E-state index in [1.807, 2.05) is 0 Å². The molecule has 0 bridgehead atoms. The second-order valence-corrected chi connectivity index (χ2v) is 6.12. The molecule has 1 aromatic heterocycles. The Morgan fingerprint density at radius 2 is 1.46 bits per heavy atom. The third-order valence-electron chi connectivity index (χ3n) is 3.92. The second-order valence-electron chi connectivity index (χ2n) is 6.12. The summed E-state index contributed by atoms with van der Waals surface area (Å²) in [5.41, 5.74) is -1.02. The van der Waals surface area contributed by atoms with Crippen LogP contribution >= 0.6 is 0 Å². The third kappa shape index (κ3) is 4.07. The van der Waals surface area contributed by atoms with Gasteiger partial charge < -0.3 is 10.4 Å². The highest BCUT2D eigenvalue weighted by Crippen LogP contribution is 2.53. The minimum atomic E-state index is -2.23. The molecule has 1 unspecified atom stereocenters. The number of aliphatic hydroxyl groups excluding tert-OH is 1. The summed E-state index contributed by atoms with van der Waals surface area (Å²) in [6.07, 6.45) is 0.522. The molecular formula is C12H11B9N2O. The van der Waals surface area contributed by atoms with Gasteiger partial charge in [0.15, 0.2) is 0 Å². The fourth-order valence-electron chi connectivity index (χ4n) is 2.79. The molecule has 1 rings (SSSR count). The van der Waals surface area contributed by atoms with Crippen LogP contribution in [0.4, 0.5) is 0 Å². The average molecular weight is 297 g/mol. The molecule has 102 valence electrons. The highest BCUT2D eigenvalue weighted by molar-refractivity contribution is 6.70. The third-order valence-corrected chi connectivity index (χ3v) is 3.92. The molecule has 0 aliphatic rings.